The number of carbonyl (C=O) groups is 1. The van der Waals surface area contributed by atoms with Crippen LogP contribution in [0.3, 0.4) is 0 Å². The van der Waals surface area contributed by atoms with Gasteiger partial charge in [0, 0.05) is 12.7 Å². The second kappa shape index (κ2) is 4.60. The highest BCUT2D eigenvalue weighted by Crippen LogP contribution is 2.37. The molecule has 0 unspecified atom stereocenters. The van der Waals surface area contributed by atoms with Gasteiger partial charge in [-0.1, -0.05) is 26.0 Å². The summed E-state index contributed by atoms with van der Waals surface area (Å²) in [4.78, 5) is 10.5. The number of rotatable bonds is 4. The van der Waals surface area contributed by atoms with Crippen LogP contribution in [0.2, 0.25) is 0 Å². The third-order valence-electron chi connectivity index (χ3n) is 2.47. The van der Waals surface area contributed by atoms with Gasteiger partial charge in [0.25, 0.3) is 0 Å². The first-order chi connectivity index (χ1) is 7.44. The van der Waals surface area contributed by atoms with E-state index in [0.29, 0.717) is 11.3 Å². The van der Waals surface area contributed by atoms with Crippen LogP contribution < -0.4 is 5.32 Å². The van der Waals surface area contributed by atoms with E-state index < -0.39 is 5.92 Å². The van der Waals surface area contributed by atoms with Crippen LogP contribution in [0.25, 0.3) is 0 Å². The molecule has 1 aromatic rings. The van der Waals surface area contributed by atoms with E-state index in [0.717, 1.165) is 0 Å². The Morgan fingerprint density at radius 3 is 2.44 bits per heavy atom. The number of alkyl halides is 2. The molecule has 0 aliphatic rings. The highest BCUT2D eigenvalue weighted by Gasteiger charge is 2.36. The topological polar surface area (TPSA) is 29.1 Å². The van der Waals surface area contributed by atoms with Gasteiger partial charge in [0.15, 0.2) is 6.29 Å². The maximum atomic E-state index is 13.5. The highest BCUT2D eigenvalue weighted by molar-refractivity contribution is 5.71. The number of hydrogen-bond donors (Lipinski definition) is 1. The van der Waals surface area contributed by atoms with Crippen LogP contribution in [0.4, 0.5) is 14.5 Å². The van der Waals surface area contributed by atoms with Gasteiger partial charge in [-0.15, -0.1) is 0 Å². The smallest absolute Gasteiger partial charge is 0.329 e. The van der Waals surface area contributed by atoms with E-state index in [4.69, 9.17) is 0 Å². The van der Waals surface area contributed by atoms with E-state index in [-0.39, 0.29) is 17.8 Å². The van der Waals surface area contributed by atoms with Crippen molar-refractivity contribution in [1.29, 1.82) is 0 Å². The van der Waals surface area contributed by atoms with Gasteiger partial charge < -0.3 is 5.32 Å². The summed E-state index contributed by atoms with van der Waals surface area (Å²) in [7, 11) is 1.56. The van der Waals surface area contributed by atoms with Gasteiger partial charge in [-0.25, -0.2) is 0 Å². The lowest BCUT2D eigenvalue weighted by molar-refractivity contribution is -0.130. The van der Waals surface area contributed by atoms with Crippen molar-refractivity contribution in [3.05, 3.63) is 29.3 Å². The Balaban J connectivity index is 3.48. The van der Waals surface area contributed by atoms with Crippen molar-refractivity contribution >= 4 is 12.0 Å². The van der Waals surface area contributed by atoms with E-state index in [1.807, 2.05) is 13.8 Å². The maximum Gasteiger partial charge on any atom is 0.329 e. The molecular formula is C12H15F2NO. The lowest BCUT2D eigenvalue weighted by atomic mass is 9.92. The Morgan fingerprint density at radius 1 is 1.38 bits per heavy atom. The molecule has 2 nitrogen and oxygen atoms in total. The lowest BCUT2D eigenvalue weighted by Gasteiger charge is -2.20. The fraction of sp³-hybridized carbons (Fsp3) is 0.417. The van der Waals surface area contributed by atoms with Crippen LogP contribution in [-0.4, -0.2) is 13.3 Å². The van der Waals surface area contributed by atoms with Gasteiger partial charge in [0.1, 0.15) is 0 Å². The molecule has 1 N–H and O–H groups in total. The van der Waals surface area contributed by atoms with Crippen molar-refractivity contribution in [1.82, 2.24) is 0 Å². The third kappa shape index (κ3) is 2.21. The fourth-order valence-electron chi connectivity index (χ4n) is 1.69. The standard InChI is InChI=1S/C12H15F2NO/c1-8(2)9-5-4-6-10(15-3)11(9)12(13,14)7-16/h4-8,15H,1-3H3. The van der Waals surface area contributed by atoms with Crippen LogP contribution in [-0.2, 0) is 10.7 Å². The number of carbonyl (C=O) groups excluding carboxylic acids is 1. The molecule has 1 aromatic carbocycles. The SMILES string of the molecule is CNc1cccc(C(C)C)c1C(F)(F)C=O. The van der Waals surface area contributed by atoms with Gasteiger partial charge in [-0.05, 0) is 17.5 Å². The summed E-state index contributed by atoms with van der Waals surface area (Å²) in [5.41, 5.74) is 0.565. The van der Waals surface area contributed by atoms with E-state index in [2.05, 4.69) is 5.32 Å². The van der Waals surface area contributed by atoms with Crippen molar-refractivity contribution < 1.29 is 13.6 Å². The number of anilines is 1. The first-order valence-corrected chi connectivity index (χ1v) is 5.09. The lowest BCUT2D eigenvalue weighted by Crippen LogP contribution is -2.20. The van der Waals surface area contributed by atoms with Crippen LogP contribution >= 0.6 is 0 Å². The first kappa shape index (κ1) is 12.6. The van der Waals surface area contributed by atoms with Gasteiger partial charge in [-0.3, -0.25) is 4.79 Å². The summed E-state index contributed by atoms with van der Waals surface area (Å²) in [6.07, 6.45) is -0.310. The molecule has 0 fully saturated rings. The second-order valence-electron chi connectivity index (χ2n) is 3.92. The minimum absolute atomic E-state index is 0.0610. The number of benzene rings is 1. The normalized spacial score (nSPS) is 11.6. The zero-order chi connectivity index (χ0) is 12.3. The van der Waals surface area contributed by atoms with Gasteiger partial charge in [0.05, 0.1) is 5.56 Å². The Hall–Kier alpha value is -1.45. The molecule has 0 heterocycles. The molecule has 0 aromatic heterocycles. The molecular weight excluding hydrogens is 212 g/mol. The van der Waals surface area contributed by atoms with Gasteiger partial charge in [-0.2, -0.15) is 8.78 Å². The largest absolute Gasteiger partial charge is 0.388 e. The number of hydrogen-bond acceptors (Lipinski definition) is 2. The van der Waals surface area contributed by atoms with Crippen molar-refractivity contribution in [3.63, 3.8) is 0 Å². The average Bonchev–Trinajstić information content (AvgIpc) is 2.27. The summed E-state index contributed by atoms with van der Waals surface area (Å²) in [5.74, 6) is -3.51. The minimum Gasteiger partial charge on any atom is -0.388 e. The molecule has 1 rings (SSSR count). The molecule has 16 heavy (non-hydrogen) atoms. The van der Waals surface area contributed by atoms with E-state index in [9.17, 15) is 13.6 Å². The van der Waals surface area contributed by atoms with Crippen LogP contribution in [0.15, 0.2) is 18.2 Å². The maximum absolute atomic E-state index is 13.5. The highest BCUT2D eigenvalue weighted by atomic mass is 19.3. The Bertz CT molecular complexity index is 389. The van der Waals surface area contributed by atoms with Gasteiger partial charge >= 0.3 is 5.92 Å². The zero-order valence-corrected chi connectivity index (χ0v) is 9.55. The molecule has 0 spiro atoms. The number of aldehydes is 1. The second-order valence-corrected chi connectivity index (χ2v) is 3.92. The van der Waals surface area contributed by atoms with Crippen molar-refractivity contribution in [3.8, 4) is 0 Å². The van der Waals surface area contributed by atoms with Crippen molar-refractivity contribution in [2.45, 2.75) is 25.7 Å². The first-order valence-electron chi connectivity index (χ1n) is 5.09. The summed E-state index contributed by atoms with van der Waals surface area (Å²) < 4.78 is 27.1. The van der Waals surface area contributed by atoms with E-state index >= 15 is 0 Å². The fourth-order valence-corrected chi connectivity index (χ4v) is 1.69. The quantitative estimate of drug-likeness (QED) is 0.800. The molecule has 0 saturated heterocycles. The molecule has 0 saturated carbocycles. The molecule has 0 bridgehead atoms. The zero-order valence-electron chi connectivity index (χ0n) is 9.55. The summed E-state index contributed by atoms with van der Waals surface area (Å²) in [6.45, 7) is 3.64. The Morgan fingerprint density at radius 2 is 2.00 bits per heavy atom. The van der Waals surface area contributed by atoms with E-state index in [1.54, 1.807) is 25.2 Å². The molecule has 4 heteroatoms. The molecule has 0 radical (unpaired) electrons. The minimum atomic E-state index is -3.45. The monoisotopic (exact) mass is 227 g/mol. The predicted molar refractivity (Wildman–Crippen MR) is 60.0 cm³/mol. The summed E-state index contributed by atoms with van der Waals surface area (Å²) in [5, 5.41) is 2.69. The predicted octanol–water partition coefficient (Wildman–Crippen LogP) is 3.14. The number of nitrogens with one attached hydrogen (secondary N) is 1. The third-order valence-corrected chi connectivity index (χ3v) is 2.47. The van der Waals surface area contributed by atoms with Crippen LogP contribution in [0, 0.1) is 0 Å². The molecule has 0 amide bonds. The van der Waals surface area contributed by atoms with Crippen LogP contribution in [0.1, 0.15) is 30.9 Å². The molecule has 0 atom stereocenters. The van der Waals surface area contributed by atoms with Crippen LogP contribution in [0.5, 0.6) is 0 Å². The van der Waals surface area contributed by atoms with Crippen molar-refractivity contribution in [2.75, 3.05) is 12.4 Å². The summed E-state index contributed by atoms with van der Waals surface area (Å²) >= 11 is 0. The van der Waals surface area contributed by atoms with Crippen molar-refractivity contribution in [2.24, 2.45) is 0 Å². The Labute approximate surface area is 93.7 Å². The van der Waals surface area contributed by atoms with E-state index in [1.165, 1.54) is 0 Å². The summed E-state index contributed by atoms with van der Waals surface area (Å²) in [6, 6.07) is 4.86. The molecule has 0 aliphatic heterocycles. The number of halogens is 2. The molecule has 0 aliphatic carbocycles. The molecule has 88 valence electrons. The van der Waals surface area contributed by atoms with Gasteiger partial charge in [0.2, 0.25) is 0 Å². The average molecular weight is 227 g/mol. The Kier molecular flexibility index (Phi) is 3.62.